The SMILES string of the molecule is CCOC(=O)CCn1ccc(C=C2CN(C(c3ccccc3)(c3ccccc3)c3ccccc3)CCC2=O)n1. The number of aryl methyl sites for hydroxylation is 1. The standard InChI is InChI=1S/C33H33N3O3/c1-2-39-32(38)20-23-36-22-18-30(34-36)24-26-25-35(21-19-31(26)37)33(27-12-6-3-7-13-27,28-14-8-4-9-15-28)29-16-10-5-11-17-29/h3-18,22,24H,2,19-21,23,25H2,1H3. The molecule has 6 heteroatoms. The van der Waals surface area contributed by atoms with Gasteiger partial charge in [-0.15, -0.1) is 0 Å². The monoisotopic (exact) mass is 519 g/mol. The molecule has 2 heterocycles. The fourth-order valence-corrected chi connectivity index (χ4v) is 5.46. The minimum Gasteiger partial charge on any atom is -0.466 e. The topological polar surface area (TPSA) is 64.4 Å². The predicted octanol–water partition coefficient (Wildman–Crippen LogP) is 5.49. The van der Waals surface area contributed by atoms with Crippen molar-refractivity contribution >= 4 is 17.8 Å². The van der Waals surface area contributed by atoms with Gasteiger partial charge in [0, 0.05) is 31.3 Å². The molecule has 1 aromatic heterocycles. The summed E-state index contributed by atoms with van der Waals surface area (Å²) in [6.45, 7) is 3.70. The van der Waals surface area contributed by atoms with E-state index in [-0.39, 0.29) is 18.2 Å². The number of piperidine rings is 1. The zero-order valence-electron chi connectivity index (χ0n) is 22.2. The molecule has 0 spiro atoms. The van der Waals surface area contributed by atoms with Crippen molar-refractivity contribution < 1.29 is 14.3 Å². The van der Waals surface area contributed by atoms with E-state index >= 15 is 0 Å². The number of likely N-dealkylation sites (tertiary alicyclic amines) is 1. The van der Waals surface area contributed by atoms with E-state index in [1.54, 1.807) is 11.6 Å². The lowest BCUT2D eigenvalue weighted by Gasteiger charge is -2.47. The molecular formula is C33H33N3O3. The minimum absolute atomic E-state index is 0.135. The van der Waals surface area contributed by atoms with Crippen LogP contribution in [0.15, 0.2) is 109 Å². The lowest BCUT2D eigenvalue weighted by molar-refractivity contribution is -0.143. The van der Waals surface area contributed by atoms with Crippen molar-refractivity contribution in [3.05, 3.63) is 131 Å². The number of aromatic nitrogens is 2. The molecule has 0 atom stereocenters. The van der Waals surface area contributed by atoms with Crippen LogP contribution in [0, 0.1) is 0 Å². The molecule has 1 aliphatic heterocycles. The average molecular weight is 520 g/mol. The van der Waals surface area contributed by atoms with E-state index < -0.39 is 5.54 Å². The molecule has 3 aromatic carbocycles. The number of benzene rings is 3. The lowest BCUT2D eigenvalue weighted by Crippen LogP contribution is -2.52. The number of ether oxygens (including phenoxy) is 1. The van der Waals surface area contributed by atoms with Gasteiger partial charge in [0.05, 0.1) is 30.8 Å². The summed E-state index contributed by atoms with van der Waals surface area (Å²) in [5.41, 5.74) is 4.30. The highest BCUT2D eigenvalue weighted by molar-refractivity contribution is 6.00. The largest absolute Gasteiger partial charge is 0.466 e. The third kappa shape index (κ3) is 5.61. The molecule has 0 unspecified atom stereocenters. The molecule has 0 radical (unpaired) electrons. The maximum absolute atomic E-state index is 13.2. The molecule has 4 aromatic rings. The molecule has 0 saturated carbocycles. The second-order valence-corrected chi connectivity index (χ2v) is 9.63. The normalized spacial score (nSPS) is 15.4. The van der Waals surface area contributed by atoms with E-state index in [0.29, 0.717) is 38.4 Å². The summed E-state index contributed by atoms with van der Waals surface area (Å²) in [7, 11) is 0. The van der Waals surface area contributed by atoms with E-state index in [1.807, 2.05) is 36.5 Å². The Labute approximate surface area is 229 Å². The van der Waals surface area contributed by atoms with Crippen molar-refractivity contribution in [2.75, 3.05) is 19.7 Å². The van der Waals surface area contributed by atoms with Gasteiger partial charge in [-0.05, 0) is 35.8 Å². The molecule has 39 heavy (non-hydrogen) atoms. The third-order valence-electron chi connectivity index (χ3n) is 7.21. The number of nitrogens with zero attached hydrogens (tertiary/aromatic N) is 3. The van der Waals surface area contributed by atoms with Gasteiger partial charge >= 0.3 is 5.97 Å². The number of esters is 1. The van der Waals surface area contributed by atoms with Crippen LogP contribution in [0.1, 0.15) is 42.1 Å². The number of carbonyl (C=O) groups excluding carboxylic acids is 2. The van der Waals surface area contributed by atoms with Crippen molar-refractivity contribution in [1.82, 2.24) is 14.7 Å². The fourth-order valence-electron chi connectivity index (χ4n) is 5.46. The molecular weight excluding hydrogens is 486 g/mol. The van der Waals surface area contributed by atoms with Gasteiger partial charge in [0.25, 0.3) is 0 Å². The Morgan fingerprint density at radius 1 is 0.897 bits per heavy atom. The smallest absolute Gasteiger partial charge is 0.307 e. The van der Waals surface area contributed by atoms with Crippen molar-refractivity contribution in [2.24, 2.45) is 0 Å². The van der Waals surface area contributed by atoms with Gasteiger partial charge in [-0.3, -0.25) is 19.2 Å². The molecule has 0 amide bonds. The number of carbonyl (C=O) groups is 2. The van der Waals surface area contributed by atoms with Gasteiger partial charge in [-0.25, -0.2) is 0 Å². The predicted molar refractivity (Wildman–Crippen MR) is 152 cm³/mol. The first-order valence-electron chi connectivity index (χ1n) is 13.5. The van der Waals surface area contributed by atoms with Gasteiger partial charge in [-0.1, -0.05) is 91.0 Å². The van der Waals surface area contributed by atoms with E-state index in [1.165, 1.54) is 0 Å². The summed E-state index contributed by atoms with van der Waals surface area (Å²) in [5, 5.41) is 4.59. The summed E-state index contributed by atoms with van der Waals surface area (Å²) < 4.78 is 6.74. The Bertz CT molecular complexity index is 1330. The first-order valence-corrected chi connectivity index (χ1v) is 13.5. The van der Waals surface area contributed by atoms with Crippen LogP contribution < -0.4 is 0 Å². The molecule has 1 fully saturated rings. The van der Waals surface area contributed by atoms with Gasteiger partial charge in [-0.2, -0.15) is 5.10 Å². The molecule has 0 N–H and O–H groups in total. The highest BCUT2D eigenvalue weighted by Gasteiger charge is 2.44. The van der Waals surface area contributed by atoms with Crippen LogP contribution in [0.3, 0.4) is 0 Å². The van der Waals surface area contributed by atoms with Crippen LogP contribution in [0.25, 0.3) is 6.08 Å². The number of hydrogen-bond donors (Lipinski definition) is 0. The van der Waals surface area contributed by atoms with E-state index in [4.69, 9.17) is 4.74 Å². The summed E-state index contributed by atoms with van der Waals surface area (Å²) in [6, 6.07) is 33.5. The van der Waals surface area contributed by atoms with E-state index in [2.05, 4.69) is 82.8 Å². The Morgan fingerprint density at radius 2 is 1.46 bits per heavy atom. The maximum atomic E-state index is 13.2. The van der Waals surface area contributed by atoms with Crippen LogP contribution >= 0.6 is 0 Å². The molecule has 1 saturated heterocycles. The zero-order chi connectivity index (χ0) is 27.1. The summed E-state index contributed by atoms with van der Waals surface area (Å²) >= 11 is 0. The molecule has 0 aliphatic carbocycles. The van der Waals surface area contributed by atoms with E-state index in [9.17, 15) is 9.59 Å². The second-order valence-electron chi connectivity index (χ2n) is 9.63. The second kappa shape index (κ2) is 12.0. The Hall–Kier alpha value is -4.29. The molecule has 5 rings (SSSR count). The number of rotatable bonds is 9. The lowest BCUT2D eigenvalue weighted by atomic mass is 9.74. The van der Waals surface area contributed by atoms with Gasteiger partial charge in [0.2, 0.25) is 0 Å². The quantitative estimate of drug-likeness (QED) is 0.166. The molecule has 1 aliphatic rings. The van der Waals surface area contributed by atoms with Crippen molar-refractivity contribution in [2.45, 2.75) is 31.8 Å². The van der Waals surface area contributed by atoms with E-state index in [0.717, 1.165) is 22.3 Å². The first kappa shape index (κ1) is 26.3. The van der Waals surface area contributed by atoms with Gasteiger partial charge < -0.3 is 4.74 Å². The highest BCUT2D eigenvalue weighted by atomic mass is 16.5. The van der Waals surface area contributed by atoms with Crippen LogP contribution in [0.5, 0.6) is 0 Å². The van der Waals surface area contributed by atoms with Crippen LogP contribution in [0.4, 0.5) is 0 Å². The highest BCUT2D eigenvalue weighted by Crippen LogP contribution is 2.43. The van der Waals surface area contributed by atoms with Gasteiger partial charge in [0.1, 0.15) is 0 Å². The van der Waals surface area contributed by atoms with Crippen molar-refractivity contribution in [1.29, 1.82) is 0 Å². The Balaban J connectivity index is 1.53. The summed E-state index contributed by atoms with van der Waals surface area (Å²) in [4.78, 5) is 27.3. The van der Waals surface area contributed by atoms with Crippen molar-refractivity contribution in [3.63, 3.8) is 0 Å². The number of Topliss-reactive ketones (excluding diaryl/α,β-unsaturated/α-hetero) is 1. The number of hydrogen-bond acceptors (Lipinski definition) is 5. The zero-order valence-corrected chi connectivity index (χ0v) is 22.2. The minimum atomic E-state index is -0.581. The van der Waals surface area contributed by atoms with Crippen LogP contribution in [-0.4, -0.2) is 46.1 Å². The van der Waals surface area contributed by atoms with Crippen LogP contribution in [0.2, 0.25) is 0 Å². The maximum Gasteiger partial charge on any atom is 0.307 e. The Morgan fingerprint density at radius 3 is 2.00 bits per heavy atom. The number of ketones is 1. The Kier molecular flexibility index (Phi) is 8.13. The average Bonchev–Trinajstić information content (AvgIpc) is 3.43. The molecule has 0 bridgehead atoms. The molecule has 198 valence electrons. The molecule has 6 nitrogen and oxygen atoms in total. The third-order valence-corrected chi connectivity index (χ3v) is 7.21. The van der Waals surface area contributed by atoms with Crippen LogP contribution in [-0.2, 0) is 26.4 Å². The fraction of sp³-hybridized carbons (Fsp3) is 0.242. The van der Waals surface area contributed by atoms with Crippen molar-refractivity contribution in [3.8, 4) is 0 Å². The van der Waals surface area contributed by atoms with Gasteiger partial charge in [0.15, 0.2) is 5.78 Å². The summed E-state index contributed by atoms with van der Waals surface area (Å²) in [5.74, 6) is -0.111. The first-order chi connectivity index (χ1) is 19.1. The summed E-state index contributed by atoms with van der Waals surface area (Å²) in [6.07, 6.45) is 4.40.